The quantitative estimate of drug-likeness (QED) is 0.852. The highest BCUT2D eigenvalue weighted by Gasteiger charge is 2.36. The van der Waals surface area contributed by atoms with Crippen molar-refractivity contribution in [3.05, 3.63) is 29.6 Å². The molecule has 1 aromatic heterocycles. The number of rotatable bonds is 1. The van der Waals surface area contributed by atoms with Gasteiger partial charge in [0.2, 0.25) is 0 Å². The molecule has 2 aliphatic rings. The van der Waals surface area contributed by atoms with E-state index in [2.05, 4.69) is 39.9 Å². The Balaban J connectivity index is 1.60. The normalized spacial score (nSPS) is 22.5. The molecule has 1 aliphatic heterocycles. The van der Waals surface area contributed by atoms with Gasteiger partial charge < -0.3 is 10.2 Å². The first-order valence-corrected chi connectivity index (χ1v) is 8.70. The minimum atomic E-state index is 0.389. The van der Waals surface area contributed by atoms with E-state index in [1.807, 2.05) is 11.3 Å². The van der Waals surface area contributed by atoms with Crippen LogP contribution in [-0.2, 0) is 0 Å². The third-order valence-electron chi connectivity index (χ3n) is 4.99. The summed E-state index contributed by atoms with van der Waals surface area (Å²) in [6.45, 7) is 3.45. The Morgan fingerprint density at radius 3 is 2.90 bits per heavy atom. The number of hydrogen-bond acceptors (Lipinski definition) is 3. The Kier molecular flexibility index (Phi) is 3.20. The molecule has 1 aliphatic carbocycles. The number of piperazine rings is 1. The van der Waals surface area contributed by atoms with E-state index in [4.69, 9.17) is 0 Å². The van der Waals surface area contributed by atoms with Crippen molar-refractivity contribution in [2.24, 2.45) is 0 Å². The van der Waals surface area contributed by atoms with Gasteiger partial charge in [0.25, 0.3) is 0 Å². The standard InChI is InChI=1S/C17H22N2S/c1-2-7-17(8-3-1)13-19(10-9-18-17)15-4-5-16-14(12-15)6-11-20-16/h4-6,11-12,18H,1-3,7-10,13H2. The number of fused-ring (bicyclic) bond motifs is 1. The van der Waals surface area contributed by atoms with Crippen molar-refractivity contribution in [2.75, 3.05) is 24.5 Å². The van der Waals surface area contributed by atoms with E-state index < -0.39 is 0 Å². The highest BCUT2D eigenvalue weighted by atomic mass is 32.1. The molecule has 0 unspecified atom stereocenters. The van der Waals surface area contributed by atoms with E-state index in [9.17, 15) is 0 Å². The maximum absolute atomic E-state index is 3.83. The SMILES string of the molecule is c1cc2cc(N3CCNC4(CCCCC4)C3)ccc2s1. The van der Waals surface area contributed by atoms with E-state index in [1.54, 1.807) is 0 Å². The fourth-order valence-electron chi connectivity index (χ4n) is 3.89. The van der Waals surface area contributed by atoms with Crippen LogP contribution in [0.25, 0.3) is 10.1 Å². The van der Waals surface area contributed by atoms with Gasteiger partial charge in [-0.3, -0.25) is 0 Å². The van der Waals surface area contributed by atoms with Gasteiger partial charge in [-0.2, -0.15) is 0 Å². The summed E-state index contributed by atoms with van der Waals surface area (Å²) in [5.74, 6) is 0. The summed E-state index contributed by atoms with van der Waals surface area (Å²) in [7, 11) is 0. The zero-order valence-corrected chi connectivity index (χ0v) is 12.7. The summed E-state index contributed by atoms with van der Waals surface area (Å²) in [4.78, 5) is 2.60. The van der Waals surface area contributed by atoms with Gasteiger partial charge in [-0.25, -0.2) is 0 Å². The van der Waals surface area contributed by atoms with Crippen LogP contribution in [-0.4, -0.2) is 25.2 Å². The summed E-state index contributed by atoms with van der Waals surface area (Å²) in [5.41, 5.74) is 1.79. The van der Waals surface area contributed by atoms with Crippen LogP contribution < -0.4 is 10.2 Å². The lowest BCUT2D eigenvalue weighted by Crippen LogP contribution is -2.61. The fraction of sp³-hybridized carbons (Fsp3) is 0.529. The molecule has 20 heavy (non-hydrogen) atoms. The van der Waals surface area contributed by atoms with Crippen LogP contribution in [0.3, 0.4) is 0 Å². The Morgan fingerprint density at radius 2 is 2.00 bits per heavy atom. The molecule has 1 saturated carbocycles. The second-order valence-electron chi connectivity index (χ2n) is 6.33. The molecular weight excluding hydrogens is 264 g/mol. The van der Waals surface area contributed by atoms with Crippen LogP contribution in [0.2, 0.25) is 0 Å². The lowest BCUT2D eigenvalue weighted by molar-refractivity contribution is 0.216. The van der Waals surface area contributed by atoms with Gasteiger partial charge in [-0.05, 0) is 47.9 Å². The fourth-order valence-corrected chi connectivity index (χ4v) is 4.66. The smallest absolute Gasteiger partial charge is 0.0374 e. The highest BCUT2D eigenvalue weighted by Crippen LogP contribution is 2.33. The van der Waals surface area contributed by atoms with Crippen molar-refractivity contribution in [1.29, 1.82) is 0 Å². The highest BCUT2D eigenvalue weighted by molar-refractivity contribution is 7.17. The van der Waals surface area contributed by atoms with Crippen molar-refractivity contribution >= 4 is 27.1 Å². The lowest BCUT2D eigenvalue weighted by atomic mass is 9.80. The number of nitrogens with zero attached hydrogens (tertiary/aromatic N) is 1. The molecule has 2 nitrogen and oxygen atoms in total. The van der Waals surface area contributed by atoms with Crippen molar-refractivity contribution in [2.45, 2.75) is 37.6 Å². The average Bonchev–Trinajstić information content (AvgIpc) is 2.95. The number of nitrogens with one attached hydrogen (secondary N) is 1. The molecule has 106 valence electrons. The number of anilines is 1. The van der Waals surface area contributed by atoms with E-state index >= 15 is 0 Å². The lowest BCUT2D eigenvalue weighted by Gasteiger charge is -2.47. The number of benzene rings is 1. The molecule has 0 amide bonds. The molecule has 2 heterocycles. The molecule has 1 saturated heterocycles. The van der Waals surface area contributed by atoms with E-state index in [1.165, 1.54) is 54.4 Å². The van der Waals surface area contributed by atoms with Crippen molar-refractivity contribution < 1.29 is 0 Å². The van der Waals surface area contributed by atoms with Crippen molar-refractivity contribution in [1.82, 2.24) is 5.32 Å². The van der Waals surface area contributed by atoms with Gasteiger partial charge in [0.05, 0.1) is 0 Å². The molecule has 0 atom stereocenters. The zero-order chi connectivity index (χ0) is 13.4. The molecule has 1 spiro atoms. The van der Waals surface area contributed by atoms with Crippen LogP contribution in [0.5, 0.6) is 0 Å². The topological polar surface area (TPSA) is 15.3 Å². The molecule has 0 radical (unpaired) electrons. The van der Waals surface area contributed by atoms with E-state index in [-0.39, 0.29) is 0 Å². The Bertz CT molecular complexity index is 592. The van der Waals surface area contributed by atoms with E-state index in [0.717, 1.165) is 13.1 Å². The maximum Gasteiger partial charge on any atom is 0.0374 e. The molecule has 2 fully saturated rings. The number of thiophene rings is 1. The largest absolute Gasteiger partial charge is 0.368 e. The molecule has 1 N–H and O–H groups in total. The predicted octanol–water partition coefficient (Wildman–Crippen LogP) is 4.01. The first kappa shape index (κ1) is 12.7. The van der Waals surface area contributed by atoms with Gasteiger partial charge >= 0.3 is 0 Å². The third kappa shape index (κ3) is 2.23. The molecule has 0 bridgehead atoms. The van der Waals surface area contributed by atoms with Gasteiger partial charge in [-0.15, -0.1) is 11.3 Å². The minimum absolute atomic E-state index is 0.389. The first-order chi connectivity index (χ1) is 9.85. The maximum atomic E-state index is 3.83. The molecule has 1 aromatic carbocycles. The van der Waals surface area contributed by atoms with Crippen LogP contribution in [0.1, 0.15) is 32.1 Å². The van der Waals surface area contributed by atoms with Crippen LogP contribution in [0, 0.1) is 0 Å². The molecular formula is C17H22N2S. The van der Waals surface area contributed by atoms with E-state index in [0.29, 0.717) is 5.54 Å². The Morgan fingerprint density at radius 1 is 1.10 bits per heavy atom. The minimum Gasteiger partial charge on any atom is -0.368 e. The summed E-state index contributed by atoms with van der Waals surface area (Å²) >= 11 is 1.83. The summed E-state index contributed by atoms with van der Waals surface area (Å²) < 4.78 is 1.40. The van der Waals surface area contributed by atoms with Gasteiger partial charge in [0.1, 0.15) is 0 Å². The Labute approximate surface area is 124 Å². The molecule has 3 heteroatoms. The van der Waals surface area contributed by atoms with Crippen molar-refractivity contribution in [3.8, 4) is 0 Å². The first-order valence-electron chi connectivity index (χ1n) is 7.82. The predicted molar refractivity (Wildman–Crippen MR) is 87.9 cm³/mol. The van der Waals surface area contributed by atoms with Gasteiger partial charge in [0, 0.05) is 35.6 Å². The van der Waals surface area contributed by atoms with Crippen LogP contribution in [0.4, 0.5) is 5.69 Å². The second kappa shape index (κ2) is 5.05. The zero-order valence-electron chi connectivity index (χ0n) is 11.9. The molecule has 4 rings (SSSR count). The third-order valence-corrected chi connectivity index (χ3v) is 5.88. The summed E-state index contributed by atoms with van der Waals surface area (Å²) in [6, 6.07) is 9.20. The monoisotopic (exact) mass is 286 g/mol. The second-order valence-corrected chi connectivity index (χ2v) is 7.28. The summed E-state index contributed by atoms with van der Waals surface area (Å²) in [5, 5.41) is 7.41. The average molecular weight is 286 g/mol. The van der Waals surface area contributed by atoms with Gasteiger partial charge in [-0.1, -0.05) is 19.3 Å². The summed E-state index contributed by atoms with van der Waals surface area (Å²) in [6.07, 6.45) is 6.91. The van der Waals surface area contributed by atoms with Gasteiger partial charge in [0.15, 0.2) is 0 Å². The Hall–Kier alpha value is -1.06. The van der Waals surface area contributed by atoms with Crippen LogP contribution >= 0.6 is 11.3 Å². The van der Waals surface area contributed by atoms with Crippen LogP contribution in [0.15, 0.2) is 29.6 Å². The van der Waals surface area contributed by atoms with Crippen molar-refractivity contribution in [3.63, 3.8) is 0 Å². The number of hydrogen-bond donors (Lipinski definition) is 1. The molecule has 2 aromatic rings.